The Bertz CT molecular complexity index is 811. The van der Waals surface area contributed by atoms with Gasteiger partial charge in [0.05, 0.1) is 0 Å². The Labute approximate surface area is 135 Å². The van der Waals surface area contributed by atoms with Gasteiger partial charge < -0.3 is 9.73 Å². The van der Waals surface area contributed by atoms with Crippen molar-refractivity contribution < 1.29 is 9.21 Å². The van der Waals surface area contributed by atoms with Crippen LogP contribution in [0.4, 0.5) is 5.69 Å². The molecule has 3 rings (SSSR count). The highest BCUT2D eigenvalue weighted by atomic mass is 16.3. The molecule has 23 heavy (non-hydrogen) atoms. The van der Waals surface area contributed by atoms with E-state index < -0.39 is 5.91 Å². The van der Waals surface area contributed by atoms with E-state index in [4.69, 9.17) is 4.42 Å². The zero-order valence-corrected chi connectivity index (χ0v) is 13.2. The van der Waals surface area contributed by atoms with Crippen LogP contribution in [0.25, 0.3) is 6.08 Å². The second-order valence-corrected chi connectivity index (χ2v) is 6.00. The number of nitrogens with zero attached hydrogens (tertiary/aromatic N) is 1. The largest absolute Gasteiger partial charge is 0.461 e. The van der Waals surface area contributed by atoms with Gasteiger partial charge in [-0.25, -0.2) is 0 Å². The first-order valence-electron chi connectivity index (χ1n) is 7.67. The maximum Gasteiger partial charge on any atom is 0.266 e. The normalized spacial score (nSPS) is 20.0. The maximum absolute atomic E-state index is 12.3. The van der Waals surface area contributed by atoms with Gasteiger partial charge in [-0.1, -0.05) is 25.1 Å². The minimum absolute atomic E-state index is 0.0259. The fraction of sp³-hybridized carbons (Fsp3) is 0.263. The lowest BCUT2D eigenvalue weighted by Crippen LogP contribution is -2.14. The van der Waals surface area contributed by atoms with Crippen molar-refractivity contribution >= 4 is 17.7 Å². The van der Waals surface area contributed by atoms with Gasteiger partial charge in [-0.15, -0.1) is 0 Å². The molecule has 4 nitrogen and oxygen atoms in total. The smallest absolute Gasteiger partial charge is 0.266 e. The number of hydrogen-bond acceptors (Lipinski definition) is 3. The molecule has 4 heteroatoms. The number of anilines is 1. The minimum atomic E-state index is -0.431. The van der Waals surface area contributed by atoms with Crippen molar-refractivity contribution in [1.82, 2.24) is 0 Å². The second-order valence-electron chi connectivity index (χ2n) is 6.00. The van der Waals surface area contributed by atoms with Crippen molar-refractivity contribution in [2.75, 3.05) is 5.32 Å². The molecule has 116 valence electrons. The second kappa shape index (κ2) is 6.13. The molecule has 1 heterocycles. The van der Waals surface area contributed by atoms with E-state index in [0.29, 0.717) is 23.3 Å². The van der Waals surface area contributed by atoms with E-state index in [0.717, 1.165) is 17.7 Å². The number of rotatable bonds is 4. The van der Waals surface area contributed by atoms with Gasteiger partial charge in [0.2, 0.25) is 0 Å². The molecule has 2 atom stereocenters. The molecule has 0 saturated heterocycles. The van der Waals surface area contributed by atoms with E-state index in [1.165, 1.54) is 6.08 Å². The Morgan fingerprint density at radius 3 is 2.74 bits per heavy atom. The molecule has 1 aliphatic rings. The first-order valence-corrected chi connectivity index (χ1v) is 7.67. The molecular formula is C19H18N2O2. The van der Waals surface area contributed by atoms with Crippen LogP contribution in [0.2, 0.25) is 0 Å². The average molecular weight is 306 g/mol. The lowest BCUT2D eigenvalue weighted by atomic mass is 10.1. The van der Waals surface area contributed by atoms with Gasteiger partial charge in [0, 0.05) is 17.7 Å². The summed E-state index contributed by atoms with van der Waals surface area (Å²) in [4.78, 5) is 12.3. The third kappa shape index (κ3) is 3.35. The highest BCUT2D eigenvalue weighted by Gasteiger charge is 2.36. The van der Waals surface area contributed by atoms with E-state index in [1.54, 1.807) is 6.07 Å². The molecule has 1 amide bonds. The quantitative estimate of drug-likeness (QED) is 0.678. The Kier molecular flexibility index (Phi) is 4.03. The van der Waals surface area contributed by atoms with Crippen LogP contribution in [-0.4, -0.2) is 5.91 Å². The van der Waals surface area contributed by atoms with Crippen molar-refractivity contribution in [1.29, 1.82) is 5.26 Å². The van der Waals surface area contributed by atoms with Crippen LogP contribution in [-0.2, 0) is 4.79 Å². The number of hydrogen-bond donors (Lipinski definition) is 1. The van der Waals surface area contributed by atoms with E-state index in [9.17, 15) is 10.1 Å². The van der Waals surface area contributed by atoms with Crippen LogP contribution in [0.1, 0.15) is 36.3 Å². The molecule has 1 N–H and O–H groups in total. The summed E-state index contributed by atoms with van der Waals surface area (Å²) in [5, 5.41) is 12.0. The number of amides is 1. The van der Waals surface area contributed by atoms with Gasteiger partial charge in [0.15, 0.2) is 0 Å². The first kappa shape index (κ1) is 15.1. The van der Waals surface area contributed by atoms with Gasteiger partial charge in [-0.2, -0.15) is 5.26 Å². The van der Waals surface area contributed by atoms with Gasteiger partial charge >= 0.3 is 0 Å². The fourth-order valence-electron chi connectivity index (χ4n) is 2.56. The molecule has 0 radical (unpaired) electrons. The number of aryl methyl sites for hydroxylation is 1. The van der Waals surface area contributed by atoms with Gasteiger partial charge in [0.1, 0.15) is 23.2 Å². The number of nitriles is 1. The Hall–Kier alpha value is -2.80. The van der Waals surface area contributed by atoms with Crippen LogP contribution in [0, 0.1) is 24.2 Å². The molecule has 0 bridgehead atoms. The Morgan fingerprint density at radius 1 is 1.35 bits per heavy atom. The summed E-state index contributed by atoms with van der Waals surface area (Å²) < 4.78 is 5.73. The van der Waals surface area contributed by atoms with Crippen LogP contribution in [0.3, 0.4) is 0 Å². The number of benzene rings is 1. The zero-order valence-electron chi connectivity index (χ0n) is 13.2. The van der Waals surface area contributed by atoms with Crippen LogP contribution in [0.5, 0.6) is 0 Å². The molecule has 1 fully saturated rings. The van der Waals surface area contributed by atoms with Gasteiger partial charge in [-0.05, 0) is 43.0 Å². The van der Waals surface area contributed by atoms with Crippen molar-refractivity contribution in [3.05, 3.63) is 59.1 Å². The van der Waals surface area contributed by atoms with E-state index >= 15 is 0 Å². The number of nitrogens with one attached hydrogen (secondary N) is 1. The predicted octanol–water partition coefficient (Wildman–Crippen LogP) is 4.26. The zero-order chi connectivity index (χ0) is 16.4. The van der Waals surface area contributed by atoms with E-state index in [1.807, 2.05) is 43.3 Å². The molecule has 0 spiro atoms. The lowest BCUT2D eigenvalue weighted by molar-refractivity contribution is -0.112. The molecule has 0 unspecified atom stereocenters. The molecule has 0 aliphatic heterocycles. The monoisotopic (exact) mass is 306 g/mol. The molecule has 1 saturated carbocycles. The molecule has 1 aromatic carbocycles. The topological polar surface area (TPSA) is 66.0 Å². The fourth-order valence-corrected chi connectivity index (χ4v) is 2.56. The highest BCUT2D eigenvalue weighted by molar-refractivity contribution is 6.09. The third-order valence-electron chi connectivity index (χ3n) is 4.17. The van der Waals surface area contributed by atoms with Crippen molar-refractivity contribution in [2.24, 2.45) is 5.92 Å². The summed E-state index contributed by atoms with van der Waals surface area (Å²) in [7, 11) is 0. The standard InChI is InChI=1S/C19H18N2O2/c1-12-5-3-4-6-17(12)21-19(22)14(11-20)10-15-7-8-18(23-15)16-9-13(16)2/h3-8,10,13,16H,9H2,1-2H3,(H,21,22)/b14-10+/t13-,16-/m1/s1. The number of carbonyl (C=O) groups excluding carboxylic acids is 1. The summed E-state index contributed by atoms with van der Waals surface area (Å²) >= 11 is 0. The van der Waals surface area contributed by atoms with Crippen LogP contribution >= 0.6 is 0 Å². The number of para-hydroxylation sites is 1. The predicted molar refractivity (Wildman–Crippen MR) is 88.6 cm³/mol. The summed E-state index contributed by atoms with van der Waals surface area (Å²) in [5.41, 5.74) is 1.67. The SMILES string of the molecule is Cc1ccccc1NC(=O)/C(C#N)=C/c1ccc([C@@H]2C[C@H]2C)o1. The number of carbonyl (C=O) groups is 1. The summed E-state index contributed by atoms with van der Waals surface area (Å²) in [6.45, 7) is 4.08. The summed E-state index contributed by atoms with van der Waals surface area (Å²) in [5.74, 6) is 2.16. The van der Waals surface area contributed by atoms with Crippen molar-refractivity contribution in [3.63, 3.8) is 0 Å². The first-order chi connectivity index (χ1) is 11.1. The van der Waals surface area contributed by atoms with E-state index in [2.05, 4.69) is 12.2 Å². The van der Waals surface area contributed by atoms with Gasteiger partial charge in [0.25, 0.3) is 5.91 Å². The average Bonchev–Trinajstić information content (AvgIpc) is 3.09. The summed E-state index contributed by atoms with van der Waals surface area (Å²) in [6, 6.07) is 13.1. The molecule has 1 aromatic heterocycles. The maximum atomic E-state index is 12.3. The molecule has 1 aliphatic carbocycles. The number of furan rings is 1. The van der Waals surface area contributed by atoms with Crippen LogP contribution in [0.15, 0.2) is 46.4 Å². The summed E-state index contributed by atoms with van der Waals surface area (Å²) in [6.07, 6.45) is 2.62. The minimum Gasteiger partial charge on any atom is -0.461 e. The van der Waals surface area contributed by atoms with Gasteiger partial charge in [-0.3, -0.25) is 4.79 Å². The van der Waals surface area contributed by atoms with E-state index in [-0.39, 0.29) is 5.57 Å². The Balaban J connectivity index is 1.76. The lowest BCUT2D eigenvalue weighted by Gasteiger charge is -2.06. The van der Waals surface area contributed by atoms with Crippen molar-refractivity contribution in [2.45, 2.75) is 26.2 Å². The third-order valence-corrected chi connectivity index (χ3v) is 4.17. The highest BCUT2D eigenvalue weighted by Crippen LogP contribution is 2.47. The van der Waals surface area contributed by atoms with Crippen molar-refractivity contribution in [3.8, 4) is 6.07 Å². The molecular weight excluding hydrogens is 288 g/mol. The Morgan fingerprint density at radius 2 is 2.09 bits per heavy atom. The molecule has 2 aromatic rings. The van der Waals surface area contributed by atoms with Crippen LogP contribution < -0.4 is 5.32 Å².